The Labute approximate surface area is 81.9 Å². The molecule has 0 aromatic heterocycles. The van der Waals surface area contributed by atoms with Crippen LogP contribution >= 0.6 is 11.8 Å². The molecule has 0 atom stereocenters. The summed E-state index contributed by atoms with van der Waals surface area (Å²) in [6, 6.07) is 0. The molecule has 0 aliphatic carbocycles. The molecule has 1 rings (SSSR count). The van der Waals surface area contributed by atoms with Crippen molar-refractivity contribution in [2.45, 2.75) is 26.2 Å². The monoisotopic (exact) mass is 202 g/mol. The van der Waals surface area contributed by atoms with Crippen LogP contribution < -0.4 is 5.32 Å². The standard InChI is InChI=1S/C8H14N2O2S/c1-2-4-7(10(11)12)8-9-5-3-6-13-8/h9H,2-6H2,1H3. The van der Waals surface area contributed by atoms with Gasteiger partial charge in [0.15, 0.2) is 0 Å². The Balaban J connectivity index is 2.73. The lowest BCUT2D eigenvalue weighted by molar-refractivity contribution is -0.428. The summed E-state index contributed by atoms with van der Waals surface area (Å²) in [5, 5.41) is 14.5. The fourth-order valence-corrected chi connectivity index (χ4v) is 2.25. The van der Waals surface area contributed by atoms with Crippen LogP contribution in [-0.4, -0.2) is 17.2 Å². The predicted molar refractivity (Wildman–Crippen MR) is 54.0 cm³/mol. The van der Waals surface area contributed by atoms with Gasteiger partial charge in [-0.3, -0.25) is 10.1 Å². The number of thioether (sulfide) groups is 1. The maximum absolute atomic E-state index is 10.7. The highest BCUT2D eigenvalue weighted by Gasteiger charge is 2.19. The molecule has 0 spiro atoms. The van der Waals surface area contributed by atoms with Gasteiger partial charge in [-0.05, 0) is 12.8 Å². The average molecular weight is 202 g/mol. The summed E-state index contributed by atoms with van der Waals surface area (Å²) >= 11 is 1.57. The van der Waals surface area contributed by atoms with Gasteiger partial charge >= 0.3 is 0 Å². The normalized spacial score (nSPS) is 20.7. The molecule has 4 nitrogen and oxygen atoms in total. The van der Waals surface area contributed by atoms with Crippen LogP contribution in [0.1, 0.15) is 26.2 Å². The third-order valence-electron chi connectivity index (χ3n) is 1.82. The molecule has 1 N–H and O–H groups in total. The zero-order valence-corrected chi connectivity index (χ0v) is 8.52. The topological polar surface area (TPSA) is 55.2 Å². The van der Waals surface area contributed by atoms with Gasteiger partial charge in [0.2, 0.25) is 0 Å². The second-order valence-corrected chi connectivity index (χ2v) is 4.02. The fraction of sp³-hybridized carbons (Fsp3) is 0.750. The summed E-state index contributed by atoms with van der Waals surface area (Å²) < 4.78 is 0. The summed E-state index contributed by atoms with van der Waals surface area (Å²) in [6.45, 7) is 2.82. The van der Waals surface area contributed by atoms with Gasteiger partial charge in [-0.1, -0.05) is 6.92 Å². The van der Waals surface area contributed by atoms with Crippen LogP contribution in [0.25, 0.3) is 0 Å². The first kappa shape index (κ1) is 10.4. The summed E-state index contributed by atoms with van der Waals surface area (Å²) in [7, 11) is 0. The van der Waals surface area contributed by atoms with Crippen LogP contribution in [0.4, 0.5) is 0 Å². The molecule has 1 fully saturated rings. The third kappa shape index (κ3) is 2.91. The molecule has 0 aromatic rings. The first-order chi connectivity index (χ1) is 6.25. The van der Waals surface area contributed by atoms with E-state index in [9.17, 15) is 10.1 Å². The lowest BCUT2D eigenvalue weighted by Gasteiger charge is -2.15. The predicted octanol–water partition coefficient (Wildman–Crippen LogP) is 1.96. The van der Waals surface area contributed by atoms with E-state index in [1.54, 1.807) is 11.8 Å². The van der Waals surface area contributed by atoms with Crippen LogP contribution in [0.5, 0.6) is 0 Å². The average Bonchev–Trinajstić information content (AvgIpc) is 2.15. The minimum Gasteiger partial charge on any atom is -0.375 e. The van der Waals surface area contributed by atoms with Gasteiger partial charge in [0.25, 0.3) is 5.70 Å². The van der Waals surface area contributed by atoms with Gasteiger partial charge in [-0.2, -0.15) is 0 Å². The SMILES string of the molecule is CCCC(=C1NCCCS1)[N+](=O)[O-]. The van der Waals surface area contributed by atoms with Gasteiger partial charge < -0.3 is 5.32 Å². The van der Waals surface area contributed by atoms with Crippen LogP contribution in [0, 0.1) is 10.1 Å². The van der Waals surface area contributed by atoms with E-state index in [2.05, 4.69) is 5.32 Å². The van der Waals surface area contributed by atoms with E-state index in [0.717, 1.165) is 30.2 Å². The Morgan fingerprint density at radius 3 is 3.00 bits per heavy atom. The summed E-state index contributed by atoms with van der Waals surface area (Å²) in [4.78, 5) is 10.4. The molecule has 1 heterocycles. The van der Waals surface area contributed by atoms with Crippen LogP contribution in [0.3, 0.4) is 0 Å². The Kier molecular flexibility index (Phi) is 4.08. The van der Waals surface area contributed by atoms with E-state index in [-0.39, 0.29) is 4.92 Å². The molecule has 5 heteroatoms. The van der Waals surface area contributed by atoms with Gasteiger partial charge in [-0.15, -0.1) is 11.8 Å². The van der Waals surface area contributed by atoms with Crippen molar-refractivity contribution in [2.24, 2.45) is 0 Å². The second kappa shape index (κ2) is 5.11. The number of hydrogen-bond donors (Lipinski definition) is 1. The number of hydrogen-bond acceptors (Lipinski definition) is 4. The quantitative estimate of drug-likeness (QED) is 0.561. The molecular weight excluding hydrogens is 188 g/mol. The first-order valence-electron chi connectivity index (χ1n) is 4.50. The molecule has 0 aromatic carbocycles. The van der Waals surface area contributed by atoms with Crippen molar-refractivity contribution >= 4 is 11.8 Å². The molecule has 1 saturated heterocycles. The number of nitrogens with zero attached hydrogens (tertiary/aromatic N) is 1. The smallest absolute Gasteiger partial charge is 0.275 e. The molecule has 74 valence electrons. The van der Waals surface area contributed by atoms with Gasteiger partial charge in [0.05, 0.1) is 4.92 Å². The molecule has 0 radical (unpaired) electrons. The Bertz CT molecular complexity index is 220. The molecule has 1 aliphatic rings. The molecule has 0 unspecified atom stereocenters. The highest BCUT2D eigenvalue weighted by Crippen LogP contribution is 2.24. The second-order valence-electron chi connectivity index (χ2n) is 2.91. The summed E-state index contributed by atoms with van der Waals surface area (Å²) in [5.41, 5.74) is 0.354. The highest BCUT2D eigenvalue weighted by atomic mass is 32.2. The minimum absolute atomic E-state index is 0.260. The van der Waals surface area contributed by atoms with E-state index in [4.69, 9.17) is 0 Å². The number of allylic oxidation sites excluding steroid dienone is 1. The fourth-order valence-electron chi connectivity index (χ4n) is 1.21. The summed E-state index contributed by atoms with van der Waals surface area (Å²) in [6.07, 6.45) is 2.47. The molecule has 13 heavy (non-hydrogen) atoms. The van der Waals surface area contributed by atoms with Crippen molar-refractivity contribution in [3.05, 3.63) is 20.8 Å². The number of nitrogens with one attached hydrogen (secondary N) is 1. The van der Waals surface area contributed by atoms with Gasteiger partial charge in [0.1, 0.15) is 5.03 Å². The lowest BCUT2D eigenvalue weighted by Crippen LogP contribution is -2.22. The zero-order valence-electron chi connectivity index (χ0n) is 7.71. The van der Waals surface area contributed by atoms with Crippen molar-refractivity contribution in [2.75, 3.05) is 12.3 Å². The van der Waals surface area contributed by atoms with Crippen LogP contribution in [-0.2, 0) is 0 Å². The molecule has 0 saturated carbocycles. The van der Waals surface area contributed by atoms with Gasteiger partial charge in [-0.25, -0.2) is 0 Å². The Hall–Kier alpha value is -0.710. The van der Waals surface area contributed by atoms with E-state index in [0.29, 0.717) is 12.1 Å². The summed E-state index contributed by atoms with van der Waals surface area (Å²) in [5.74, 6) is 0.989. The zero-order chi connectivity index (χ0) is 9.68. The van der Waals surface area contributed by atoms with E-state index in [1.165, 1.54) is 0 Å². The van der Waals surface area contributed by atoms with Crippen molar-refractivity contribution in [1.29, 1.82) is 0 Å². The number of rotatable bonds is 3. The Morgan fingerprint density at radius 2 is 2.54 bits per heavy atom. The van der Waals surface area contributed by atoms with Crippen molar-refractivity contribution < 1.29 is 4.92 Å². The highest BCUT2D eigenvalue weighted by molar-refractivity contribution is 8.03. The maximum atomic E-state index is 10.7. The van der Waals surface area contributed by atoms with E-state index >= 15 is 0 Å². The number of nitro groups is 1. The molecule has 0 bridgehead atoms. The Morgan fingerprint density at radius 1 is 1.77 bits per heavy atom. The van der Waals surface area contributed by atoms with Crippen LogP contribution in [0.2, 0.25) is 0 Å². The molecule has 1 aliphatic heterocycles. The maximum Gasteiger partial charge on any atom is 0.275 e. The van der Waals surface area contributed by atoms with Crippen molar-refractivity contribution in [3.63, 3.8) is 0 Å². The first-order valence-corrected chi connectivity index (χ1v) is 5.48. The third-order valence-corrected chi connectivity index (χ3v) is 2.98. The largest absolute Gasteiger partial charge is 0.375 e. The lowest BCUT2D eigenvalue weighted by atomic mass is 10.3. The van der Waals surface area contributed by atoms with Crippen LogP contribution in [0.15, 0.2) is 10.7 Å². The van der Waals surface area contributed by atoms with Crippen molar-refractivity contribution in [1.82, 2.24) is 5.32 Å². The van der Waals surface area contributed by atoms with E-state index in [1.807, 2.05) is 6.92 Å². The molecule has 0 amide bonds. The van der Waals surface area contributed by atoms with Gasteiger partial charge in [0, 0.05) is 18.7 Å². The van der Waals surface area contributed by atoms with Crippen molar-refractivity contribution in [3.8, 4) is 0 Å². The van der Waals surface area contributed by atoms with E-state index < -0.39 is 0 Å². The minimum atomic E-state index is -0.260. The molecular formula is C8H14N2O2S.